The van der Waals surface area contributed by atoms with Gasteiger partial charge in [0, 0.05) is 12.6 Å². The van der Waals surface area contributed by atoms with Gasteiger partial charge in [0.25, 0.3) is 0 Å². The Morgan fingerprint density at radius 3 is 2.28 bits per heavy atom. The molecule has 0 saturated heterocycles. The molecule has 0 heterocycles. The zero-order valence-electron chi connectivity index (χ0n) is 12.9. The first-order valence-corrected chi connectivity index (χ1v) is 7.98. The van der Waals surface area contributed by atoms with Gasteiger partial charge in [0.15, 0.2) is 0 Å². The SMILES string of the molecule is CCCNC(COCCC)C1CC(C)CC(C)C1. The van der Waals surface area contributed by atoms with Gasteiger partial charge in [0.05, 0.1) is 6.61 Å². The lowest BCUT2D eigenvalue weighted by atomic mass is 9.74. The zero-order chi connectivity index (χ0) is 13.4. The van der Waals surface area contributed by atoms with E-state index >= 15 is 0 Å². The first-order valence-electron chi connectivity index (χ1n) is 7.98. The summed E-state index contributed by atoms with van der Waals surface area (Å²) in [5.74, 6) is 2.58. The lowest BCUT2D eigenvalue weighted by molar-refractivity contribution is 0.0708. The normalized spacial score (nSPS) is 30.3. The van der Waals surface area contributed by atoms with Gasteiger partial charge in [-0.1, -0.05) is 27.7 Å². The third-order valence-corrected chi connectivity index (χ3v) is 4.09. The largest absolute Gasteiger partial charge is 0.380 e. The van der Waals surface area contributed by atoms with Gasteiger partial charge in [-0.05, 0) is 56.4 Å². The monoisotopic (exact) mass is 255 g/mol. The van der Waals surface area contributed by atoms with Crippen LogP contribution in [-0.4, -0.2) is 25.8 Å². The summed E-state index contributed by atoms with van der Waals surface area (Å²) < 4.78 is 5.80. The predicted octanol–water partition coefficient (Wildman–Crippen LogP) is 3.85. The molecule has 0 spiro atoms. The molecule has 0 aromatic carbocycles. The van der Waals surface area contributed by atoms with Gasteiger partial charge in [0.2, 0.25) is 0 Å². The van der Waals surface area contributed by atoms with Crippen molar-refractivity contribution < 1.29 is 4.74 Å². The van der Waals surface area contributed by atoms with Gasteiger partial charge >= 0.3 is 0 Å². The molecule has 1 N–H and O–H groups in total. The minimum atomic E-state index is 0.571. The molecule has 1 rings (SSSR count). The van der Waals surface area contributed by atoms with Crippen molar-refractivity contribution in [1.82, 2.24) is 5.32 Å². The third-order valence-electron chi connectivity index (χ3n) is 4.09. The number of hydrogen-bond acceptors (Lipinski definition) is 2. The average Bonchev–Trinajstić information content (AvgIpc) is 2.32. The second-order valence-corrected chi connectivity index (χ2v) is 6.31. The van der Waals surface area contributed by atoms with E-state index in [-0.39, 0.29) is 0 Å². The molecule has 3 atom stereocenters. The maximum Gasteiger partial charge on any atom is 0.0622 e. The van der Waals surface area contributed by atoms with Gasteiger partial charge in [-0.2, -0.15) is 0 Å². The second kappa shape index (κ2) is 8.92. The molecular weight excluding hydrogens is 222 g/mol. The highest BCUT2D eigenvalue weighted by molar-refractivity contribution is 4.83. The summed E-state index contributed by atoms with van der Waals surface area (Å²) in [6, 6.07) is 0.571. The Morgan fingerprint density at radius 1 is 1.06 bits per heavy atom. The highest BCUT2D eigenvalue weighted by Gasteiger charge is 2.29. The van der Waals surface area contributed by atoms with Crippen LogP contribution in [0.1, 0.15) is 59.8 Å². The molecule has 0 aliphatic heterocycles. The van der Waals surface area contributed by atoms with Crippen molar-refractivity contribution in [2.75, 3.05) is 19.8 Å². The van der Waals surface area contributed by atoms with E-state index in [9.17, 15) is 0 Å². The van der Waals surface area contributed by atoms with Crippen LogP contribution in [-0.2, 0) is 4.74 Å². The fourth-order valence-electron chi connectivity index (χ4n) is 3.38. The van der Waals surface area contributed by atoms with Crippen molar-refractivity contribution in [2.45, 2.75) is 65.8 Å². The molecule has 0 radical (unpaired) electrons. The maximum atomic E-state index is 5.80. The molecule has 0 aromatic heterocycles. The van der Waals surface area contributed by atoms with Crippen LogP contribution in [0.15, 0.2) is 0 Å². The second-order valence-electron chi connectivity index (χ2n) is 6.31. The summed E-state index contributed by atoms with van der Waals surface area (Å²) in [4.78, 5) is 0. The van der Waals surface area contributed by atoms with Crippen molar-refractivity contribution in [3.8, 4) is 0 Å². The molecule has 2 nitrogen and oxygen atoms in total. The molecule has 3 unspecified atom stereocenters. The van der Waals surface area contributed by atoms with Crippen LogP contribution in [0.5, 0.6) is 0 Å². The highest BCUT2D eigenvalue weighted by atomic mass is 16.5. The zero-order valence-corrected chi connectivity index (χ0v) is 12.9. The minimum Gasteiger partial charge on any atom is -0.380 e. The Labute approximate surface area is 114 Å². The van der Waals surface area contributed by atoms with E-state index in [1.54, 1.807) is 0 Å². The Bertz CT molecular complexity index is 197. The van der Waals surface area contributed by atoms with Crippen LogP contribution < -0.4 is 5.32 Å². The molecule has 108 valence electrons. The molecule has 1 aliphatic carbocycles. The van der Waals surface area contributed by atoms with Crippen LogP contribution in [0.2, 0.25) is 0 Å². The van der Waals surface area contributed by atoms with Gasteiger partial charge in [-0.25, -0.2) is 0 Å². The summed E-state index contributed by atoms with van der Waals surface area (Å²) in [6.45, 7) is 12.2. The molecule has 0 bridgehead atoms. The molecule has 2 heteroatoms. The quantitative estimate of drug-likeness (QED) is 0.665. The summed E-state index contributed by atoms with van der Waals surface area (Å²) >= 11 is 0. The highest BCUT2D eigenvalue weighted by Crippen LogP contribution is 2.34. The van der Waals surface area contributed by atoms with Gasteiger partial charge in [0.1, 0.15) is 0 Å². The number of rotatable bonds is 8. The maximum absolute atomic E-state index is 5.80. The van der Waals surface area contributed by atoms with Crippen LogP contribution in [0.25, 0.3) is 0 Å². The smallest absolute Gasteiger partial charge is 0.0622 e. The van der Waals surface area contributed by atoms with Crippen LogP contribution in [0.4, 0.5) is 0 Å². The van der Waals surface area contributed by atoms with Crippen molar-refractivity contribution >= 4 is 0 Å². The number of nitrogens with one attached hydrogen (secondary N) is 1. The Kier molecular flexibility index (Phi) is 7.92. The predicted molar refractivity (Wildman–Crippen MR) is 78.9 cm³/mol. The third kappa shape index (κ3) is 5.71. The fraction of sp³-hybridized carbons (Fsp3) is 1.00. The van der Waals surface area contributed by atoms with Crippen molar-refractivity contribution in [3.05, 3.63) is 0 Å². The number of hydrogen-bond donors (Lipinski definition) is 1. The van der Waals surface area contributed by atoms with Crippen LogP contribution in [0, 0.1) is 17.8 Å². The van der Waals surface area contributed by atoms with E-state index in [0.29, 0.717) is 6.04 Å². The van der Waals surface area contributed by atoms with Crippen LogP contribution in [0.3, 0.4) is 0 Å². The van der Waals surface area contributed by atoms with Crippen LogP contribution >= 0.6 is 0 Å². The van der Waals surface area contributed by atoms with E-state index in [4.69, 9.17) is 4.74 Å². The average molecular weight is 255 g/mol. The Balaban J connectivity index is 2.45. The minimum absolute atomic E-state index is 0.571. The van der Waals surface area contributed by atoms with E-state index in [0.717, 1.165) is 43.9 Å². The summed E-state index contributed by atoms with van der Waals surface area (Å²) in [5.41, 5.74) is 0. The van der Waals surface area contributed by atoms with Crippen molar-refractivity contribution in [2.24, 2.45) is 17.8 Å². The van der Waals surface area contributed by atoms with Crippen molar-refractivity contribution in [3.63, 3.8) is 0 Å². The number of ether oxygens (including phenoxy) is 1. The first kappa shape index (κ1) is 16.0. The molecule has 0 aromatic rings. The molecular formula is C16H33NO. The molecule has 18 heavy (non-hydrogen) atoms. The molecule has 1 aliphatic rings. The molecule has 0 amide bonds. The lowest BCUT2D eigenvalue weighted by Crippen LogP contribution is -2.43. The Morgan fingerprint density at radius 2 is 1.72 bits per heavy atom. The summed E-state index contributed by atoms with van der Waals surface area (Å²) in [7, 11) is 0. The molecule has 1 saturated carbocycles. The van der Waals surface area contributed by atoms with Gasteiger partial charge in [-0.15, -0.1) is 0 Å². The fourth-order valence-corrected chi connectivity index (χ4v) is 3.38. The van der Waals surface area contributed by atoms with E-state index in [1.807, 2.05) is 0 Å². The van der Waals surface area contributed by atoms with Gasteiger partial charge in [-0.3, -0.25) is 0 Å². The first-order chi connectivity index (χ1) is 8.67. The summed E-state index contributed by atoms with van der Waals surface area (Å²) in [5, 5.41) is 3.71. The Hall–Kier alpha value is -0.0800. The van der Waals surface area contributed by atoms with E-state index in [2.05, 4.69) is 33.0 Å². The summed E-state index contributed by atoms with van der Waals surface area (Å²) in [6.07, 6.45) is 6.50. The standard InChI is InChI=1S/C16H33NO/c1-5-7-17-16(12-18-8-6-2)15-10-13(3)9-14(4)11-15/h13-17H,5-12H2,1-4H3. The topological polar surface area (TPSA) is 21.3 Å². The van der Waals surface area contributed by atoms with E-state index < -0.39 is 0 Å². The lowest BCUT2D eigenvalue weighted by Gasteiger charge is -2.37. The molecule has 1 fully saturated rings. The van der Waals surface area contributed by atoms with Gasteiger partial charge < -0.3 is 10.1 Å². The van der Waals surface area contributed by atoms with Crippen molar-refractivity contribution in [1.29, 1.82) is 0 Å². The van der Waals surface area contributed by atoms with E-state index in [1.165, 1.54) is 25.7 Å².